The van der Waals surface area contributed by atoms with Crippen LogP contribution in [0.2, 0.25) is 0 Å². The van der Waals surface area contributed by atoms with E-state index in [0.29, 0.717) is 25.8 Å². The number of carbonyl (C=O) groups excluding carboxylic acids is 1. The Kier molecular flexibility index (Phi) is 2.96. The fourth-order valence-corrected chi connectivity index (χ4v) is 2.81. The van der Waals surface area contributed by atoms with Gasteiger partial charge in [0, 0.05) is 6.54 Å². The molecule has 0 radical (unpaired) electrons. The number of alkyl halides is 3. The van der Waals surface area contributed by atoms with Gasteiger partial charge in [-0.3, -0.25) is 9.69 Å². The Morgan fingerprint density at radius 2 is 1.90 bits per heavy atom. The van der Waals surface area contributed by atoms with Crippen molar-refractivity contribution < 1.29 is 22.4 Å². The molecule has 2 fully saturated rings. The molecule has 0 bridgehead atoms. The van der Waals surface area contributed by atoms with E-state index in [1.54, 1.807) is 0 Å². The zero-order chi connectivity index (χ0) is 14.4. The van der Waals surface area contributed by atoms with Crippen molar-refractivity contribution in [1.29, 1.82) is 0 Å². The largest absolute Gasteiger partial charge is 0.470 e. The molecule has 0 saturated carbocycles. The third kappa shape index (κ3) is 2.05. The van der Waals surface area contributed by atoms with Gasteiger partial charge in [0.25, 0.3) is 0 Å². The highest BCUT2D eigenvalue weighted by atomic mass is 19.4. The van der Waals surface area contributed by atoms with Crippen molar-refractivity contribution in [2.24, 2.45) is 5.41 Å². The van der Waals surface area contributed by atoms with Crippen molar-refractivity contribution in [3.05, 3.63) is 5.89 Å². The minimum absolute atomic E-state index is 0.212. The number of nitrogens with one attached hydrogen (secondary N) is 1. The minimum Gasteiger partial charge on any atom is -0.399 e. The van der Waals surface area contributed by atoms with E-state index in [1.165, 1.54) is 4.90 Å². The molecule has 0 atom stereocenters. The highest BCUT2D eigenvalue weighted by molar-refractivity contribution is 5.98. The van der Waals surface area contributed by atoms with Crippen LogP contribution in [0, 0.1) is 5.41 Å². The summed E-state index contributed by atoms with van der Waals surface area (Å²) >= 11 is 0. The second-order valence-corrected chi connectivity index (χ2v) is 5.12. The molecule has 6 nitrogen and oxygen atoms in total. The van der Waals surface area contributed by atoms with Gasteiger partial charge in [-0.1, -0.05) is 5.10 Å². The molecule has 1 spiro atoms. The van der Waals surface area contributed by atoms with Gasteiger partial charge in [0.15, 0.2) is 0 Å². The van der Waals surface area contributed by atoms with Gasteiger partial charge >= 0.3 is 18.1 Å². The van der Waals surface area contributed by atoms with Crippen molar-refractivity contribution in [3.8, 4) is 0 Å². The van der Waals surface area contributed by atoms with E-state index in [2.05, 4.69) is 19.9 Å². The first kappa shape index (κ1) is 13.3. The fraction of sp³-hybridized carbons (Fsp3) is 0.727. The Morgan fingerprint density at radius 3 is 2.50 bits per heavy atom. The summed E-state index contributed by atoms with van der Waals surface area (Å²) in [6.45, 7) is 1.78. The molecule has 0 aromatic carbocycles. The molecule has 1 aromatic heterocycles. The second kappa shape index (κ2) is 4.44. The SMILES string of the molecule is O=C1N(c2nnc(C(F)(F)F)o2)CCC12CCNCC2. The van der Waals surface area contributed by atoms with Gasteiger partial charge in [-0.15, -0.1) is 5.10 Å². The standard InChI is InChI=1S/C11H13F3N4O2/c12-11(13,14)7-16-17-9(20-7)18-6-3-10(8(18)19)1-4-15-5-2-10/h15H,1-6H2. The molecule has 20 heavy (non-hydrogen) atoms. The number of piperidine rings is 1. The zero-order valence-corrected chi connectivity index (χ0v) is 10.5. The molecular weight excluding hydrogens is 277 g/mol. The Balaban J connectivity index is 1.82. The Hall–Kier alpha value is -1.64. The van der Waals surface area contributed by atoms with Gasteiger partial charge in [0.2, 0.25) is 5.91 Å². The van der Waals surface area contributed by atoms with Crippen LogP contribution >= 0.6 is 0 Å². The summed E-state index contributed by atoms with van der Waals surface area (Å²) in [6.07, 6.45) is -2.72. The van der Waals surface area contributed by atoms with Crippen LogP contribution in [0.25, 0.3) is 0 Å². The van der Waals surface area contributed by atoms with Crippen LogP contribution in [0.3, 0.4) is 0 Å². The zero-order valence-electron chi connectivity index (χ0n) is 10.5. The first-order valence-corrected chi connectivity index (χ1v) is 6.36. The molecule has 1 amide bonds. The van der Waals surface area contributed by atoms with Gasteiger partial charge in [0.05, 0.1) is 5.41 Å². The van der Waals surface area contributed by atoms with E-state index in [0.717, 1.165) is 13.1 Å². The lowest BCUT2D eigenvalue weighted by Crippen LogP contribution is -2.42. The fourth-order valence-electron chi connectivity index (χ4n) is 2.81. The number of amides is 1. The molecule has 3 heterocycles. The number of halogens is 3. The molecule has 0 aliphatic carbocycles. The summed E-state index contributed by atoms with van der Waals surface area (Å²) in [5, 5.41) is 9.46. The van der Waals surface area contributed by atoms with Crippen molar-refractivity contribution in [1.82, 2.24) is 15.5 Å². The number of anilines is 1. The van der Waals surface area contributed by atoms with E-state index in [4.69, 9.17) is 0 Å². The van der Waals surface area contributed by atoms with Crippen LogP contribution in [-0.4, -0.2) is 35.7 Å². The normalized spacial score (nSPS) is 22.8. The van der Waals surface area contributed by atoms with E-state index in [9.17, 15) is 18.0 Å². The van der Waals surface area contributed by atoms with Crippen LogP contribution < -0.4 is 10.2 Å². The summed E-state index contributed by atoms with van der Waals surface area (Å²) in [7, 11) is 0. The third-order valence-corrected chi connectivity index (χ3v) is 3.96. The lowest BCUT2D eigenvalue weighted by atomic mass is 9.78. The monoisotopic (exact) mass is 290 g/mol. The number of rotatable bonds is 1. The average molecular weight is 290 g/mol. The smallest absolute Gasteiger partial charge is 0.399 e. The Morgan fingerprint density at radius 1 is 1.20 bits per heavy atom. The molecule has 3 rings (SSSR count). The van der Waals surface area contributed by atoms with Crippen LogP contribution in [0.1, 0.15) is 25.2 Å². The van der Waals surface area contributed by atoms with Crippen LogP contribution in [-0.2, 0) is 11.0 Å². The van der Waals surface area contributed by atoms with Gasteiger partial charge in [0.1, 0.15) is 0 Å². The van der Waals surface area contributed by atoms with E-state index < -0.39 is 17.5 Å². The quantitative estimate of drug-likeness (QED) is 0.841. The van der Waals surface area contributed by atoms with Gasteiger partial charge in [-0.25, -0.2) is 0 Å². The lowest BCUT2D eigenvalue weighted by molar-refractivity contribution is -0.157. The summed E-state index contributed by atoms with van der Waals surface area (Å²) < 4.78 is 41.9. The van der Waals surface area contributed by atoms with Crippen LogP contribution in [0.4, 0.5) is 19.2 Å². The maximum Gasteiger partial charge on any atom is 0.470 e. The number of carbonyl (C=O) groups is 1. The maximum absolute atomic E-state index is 12.4. The molecule has 2 saturated heterocycles. The topological polar surface area (TPSA) is 71.3 Å². The first-order valence-electron chi connectivity index (χ1n) is 6.36. The Labute approximate surface area is 112 Å². The van der Waals surface area contributed by atoms with Gasteiger partial charge < -0.3 is 9.73 Å². The average Bonchev–Trinajstić information content (AvgIpc) is 2.98. The number of hydrogen-bond acceptors (Lipinski definition) is 5. The van der Waals surface area contributed by atoms with Crippen LogP contribution in [0.5, 0.6) is 0 Å². The maximum atomic E-state index is 12.4. The summed E-state index contributed by atoms with van der Waals surface area (Å²) in [5.41, 5.74) is -0.488. The summed E-state index contributed by atoms with van der Waals surface area (Å²) in [6, 6.07) is -0.363. The third-order valence-electron chi connectivity index (χ3n) is 3.96. The summed E-state index contributed by atoms with van der Waals surface area (Å²) in [4.78, 5) is 13.6. The second-order valence-electron chi connectivity index (χ2n) is 5.12. The van der Waals surface area contributed by atoms with Crippen molar-refractivity contribution >= 4 is 11.9 Å². The van der Waals surface area contributed by atoms with Gasteiger partial charge in [-0.2, -0.15) is 13.2 Å². The molecule has 9 heteroatoms. The molecule has 110 valence electrons. The number of aromatic nitrogens is 2. The molecule has 2 aliphatic heterocycles. The predicted molar refractivity (Wildman–Crippen MR) is 60.8 cm³/mol. The molecular formula is C11H13F3N4O2. The molecule has 2 aliphatic rings. The molecule has 1 N–H and O–H groups in total. The highest BCUT2D eigenvalue weighted by Gasteiger charge is 2.49. The first-order chi connectivity index (χ1) is 9.42. The molecule has 0 unspecified atom stereocenters. The van der Waals surface area contributed by atoms with E-state index in [-0.39, 0.29) is 11.9 Å². The predicted octanol–water partition coefficient (Wildman–Crippen LogP) is 1.19. The van der Waals surface area contributed by atoms with Crippen molar-refractivity contribution in [2.75, 3.05) is 24.5 Å². The Bertz CT molecular complexity index is 522. The highest BCUT2D eigenvalue weighted by Crippen LogP contribution is 2.41. The minimum atomic E-state index is -4.69. The lowest BCUT2D eigenvalue weighted by Gasteiger charge is -2.31. The van der Waals surface area contributed by atoms with Gasteiger partial charge in [-0.05, 0) is 32.4 Å². The van der Waals surface area contributed by atoms with Crippen LogP contribution in [0.15, 0.2) is 4.42 Å². The number of hydrogen-bond donors (Lipinski definition) is 1. The number of nitrogens with zero attached hydrogens (tertiary/aromatic N) is 3. The van der Waals surface area contributed by atoms with Crippen molar-refractivity contribution in [3.63, 3.8) is 0 Å². The van der Waals surface area contributed by atoms with Crippen molar-refractivity contribution in [2.45, 2.75) is 25.4 Å². The van der Waals surface area contributed by atoms with E-state index >= 15 is 0 Å². The summed E-state index contributed by atoms with van der Waals surface area (Å²) in [5.74, 6) is -1.64. The van der Waals surface area contributed by atoms with E-state index in [1.807, 2.05) is 0 Å². The molecule has 1 aromatic rings.